The van der Waals surface area contributed by atoms with Crippen molar-refractivity contribution in [2.24, 2.45) is 0 Å². The van der Waals surface area contributed by atoms with Crippen molar-refractivity contribution in [1.82, 2.24) is 14.9 Å². The summed E-state index contributed by atoms with van der Waals surface area (Å²) in [5.74, 6) is 0.276. The summed E-state index contributed by atoms with van der Waals surface area (Å²) in [6.45, 7) is 6.68. The Kier molecular flexibility index (Phi) is 7.49. The number of carbonyl (C=O) groups excluding carboxylic acids is 1. The molecule has 0 saturated carbocycles. The van der Waals surface area contributed by atoms with Crippen LogP contribution in [0.2, 0.25) is 5.02 Å². The summed E-state index contributed by atoms with van der Waals surface area (Å²) in [7, 11) is 1.53. The average Bonchev–Trinajstić information content (AvgIpc) is 3.25. The average molecular weight is 503 g/mol. The summed E-state index contributed by atoms with van der Waals surface area (Å²) in [6.07, 6.45) is 2.85. The molecule has 3 heterocycles. The molecule has 188 valence electrons. The van der Waals surface area contributed by atoms with E-state index in [0.717, 1.165) is 12.1 Å². The molecule has 0 radical (unpaired) electrons. The number of aromatic nitrogens is 2. The SMILES string of the molecule is CC[C@@H]1COC(C)(CCO)CN1C(=O)c1cc(OC)c2oc(NC(C)c3cc(Cl)ccn3)nc2c1. The van der Waals surface area contributed by atoms with Crippen LogP contribution in [0.15, 0.2) is 34.9 Å². The van der Waals surface area contributed by atoms with Gasteiger partial charge in [-0.05, 0) is 44.5 Å². The number of nitrogens with one attached hydrogen (secondary N) is 1. The first-order chi connectivity index (χ1) is 16.8. The molecule has 9 nitrogen and oxygen atoms in total. The molecule has 0 aliphatic carbocycles. The predicted molar refractivity (Wildman–Crippen MR) is 133 cm³/mol. The van der Waals surface area contributed by atoms with Gasteiger partial charge >= 0.3 is 0 Å². The van der Waals surface area contributed by atoms with Crippen LogP contribution in [0.3, 0.4) is 0 Å². The van der Waals surface area contributed by atoms with Crippen LogP contribution in [0, 0.1) is 0 Å². The number of hydrogen-bond acceptors (Lipinski definition) is 8. The van der Waals surface area contributed by atoms with Crippen molar-refractivity contribution >= 4 is 34.6 Å². The molecule has 1 saturated heterocycles. The minimum atomic E-state index is -0.597. The van der Waals surface area contributed by atoms with Crippen LogP contribution in [0.25, 0.3) is 11.1 Å². The van der Waals surface area contributed by atoms with Gasteiger partial charge in [-0.2, -0.15) is 4.98 Å². The first kappa shape index (κ1) is 25.2. The number of morpholine rings is 1. The Bertz CT molecular complexity index is 1200. The van der Waals surface area contributed by atoms with E-state index < -0.39 is 5.60 Å². The lowest BCUT2D eigenvalue weighted by Crippen LogP contribution is -2.57. The zero-order valence-electron chi connectivity index (χ0n) is 20.4. The van der Waals surface area contributed by atoms with Gasteiger partial charge in [0.25, 0.3) is 11.9 Å². The van der Waals surface area contributed by atoms with Gasteiger partial charge in [-0.1, -0.05) is 18.5 Å². The van der Waals surface area contributed by atoms with Crippen LogP contribution in [0.4, 0.5) is 6.01 Å². The van der Waals surface area contributed by atoms with Crippen LogP contribution >= 0.6 is 11.6 Å². The smallest absolute Gasteiger partial charge is 0.296 e. The van der Waals surface area contributed by atoms with Crippen LogP contribution in [0.5, 0.6) is 5.75 Å². The van der Waals surface area contributed by atoms with Gasteiger partial charge in [0.15, 0.2) is 11.3 Å². The Morgan fingerprint density at radius 1 is 1.43 bits per heavy atom. The second kappa shape index (κ2) is 10.4. The van der Waals surface area contributed by atoms with Crippen molar-refractivity contribution < 1.29 is 23.8 Å². The molecule has 4 rings (SSSR count). The maximum atomic E-state index is 13.6. The van der Waals surface area contributed by atoms with E-state index in [-0.39, 0.29) is 30.6 Å². The summed E-state index contributed by atoms with van der Waals surface area (Å²) in [6, 6.07) is 6.88. The van der Waals surface area contributed by atoms with E-state index in [0.29, 0.717) is 47.0 Å². The Morgan fingerprint density at radius 3 is 2.91 bits per heavy atom. The number of aliphatic hydroxyl groups excluding tert-OH is 1. The number of methoxy groups -OCH3 is 1. The number of benzene rings is 1. The Labute approximate surface area is 209 Å². The largest absolute Gasteiger partial charge is 0.493 e. The van der Waals surface area contributed by atoms with E-state index in [9.17, 15) is 9.90 Å². The number of oxazole rings is 1. The molecular formula is C25H31ClN4O5. The van der Waals surface area contributed by atoms with Gasteiger partial charge < -0.3 is 29.2 Å². The number of carbonyl (C=O) groups is 1. The molecular weight excluding hydrogens is 472 g/mol. The van der Waals surface area contributed by atoms with Gasteiger partial charge in [0.05, 0.1) is 43.6 Å². The van der Waals surface area contributed by atoms with Crippen LogP contribution in [-0.4, -0.2) is 64.4 Å². The molecule has 3 atom stereocenters. The van der Waals surface area contributed by atoms with Gasteiger partial charge in [0.2, 0.25) is 0 Å². The zero-order chi connectivity index (χ0) is 25.2. The molecule has 1 fully saturated rings. The highest BCUT2D eigenvalue weighted by molar-refractivity contribution is 6.30. The first-order valence-electron chi connectivity index (χ1n) is 11.7. The van der Waals surface area contributed by atoms with Crippen molar-refractivity contribution in [3.8, 4) is 5.75 Å². The fourth-order valence-electron chi connectivity index (χ4n) is 4.31. The van der Waals surface area contributed by atoms with Crippen LogP contribution < -0.4 is 10.1 Å². The van der Waals surface area contributed by atoms with Gasteiger partial charge in [-0.25, -0.2) is 0 Å². The fourth-order valence-corrected chi connectivity index (χ4v) is 4.48. The Morgan fingerprint density at radius 2 is 2.23 bits per heavy atom. The number of fused-ring (bicyclic) bond motifs is 1. The molecule has 35 heavy (non-hydrogen) atoms. The molecule has 2 unspecified atom stereocenters. The Balaban J connectivity index is 1.62. The number of hydrogen-bond donors (Lipinski definition) is 2. The zero-order valence-corrected chi connectivity index (χ0v) is 21.1. The van der Waals surface area contributed by atoms with Crippen molar-refractivity contribution in [1.29, 1.82) is 0 Å². The van der Waals surface area contributed by atoms with Crippen LogP contribution in [-0.2, 0) is 4.74 Å². The van der Waals surface area contributed by atoms with Crippen molar-refractivity contribution in [2.45, 2.75) is 51.3 Å². The maximum Gasteiger partial charge on any atom is 0.296 e. The number of ether oxygens (including phenoxy) is 2. The third kappa shape index (κ3) is 5.37. The van der Waals surface area contributed by atoms with Gasteiger partial charge in [-0.15, -0.1) is 0 Å². The highest BCUT2D eigenvalue weighted by atomic mass is 35.5. The molecule has 2 N–H and O–H groups in total. The van der Waals surface area contributed by atoms with E-state index in [1.807, 2.05) is 25.7 Å². The predicted octanol–water partition coefficient (Wildman–Crippen LogP) is 4.45. The van der Waals surface area contributed by atoms with Gasteiger partial charge in [0.1, 0.15) is 5.52 Å². The lowest BCUT2D eigenvalue weighted by atomic mass is 9.96. The standard InChI is InChI=1S/C25H31ClN4O5/c1-5-18-13-34-25(3,7-9-31)14-30(18)23(32)16-10-20-22(21(11-16)33-4)35-24(29-20)28-15(2)19-12-17(26)6-8-27-19/h6,8,10-12,15,18,31H,5,7,9,13-14H2,1-4H3,(H,28,29)/t15?,18-,25?/m1/s1. The minimum absolute atomic E-state index is 0.00699. The molecule has 1 amide bonds. The number of pyridine rings is 1. The number of aliphatic hydroxyl groups is 1. The molecule has 3 aromatic rings. The fraction of sp³-hybridized carbons (Fsp3) is 0.480. The topological polar surface area (TPSA) is 110 Å². The molecule has 2 aromatic heterocycles. The van der Waals surface area contributed by atoms with Crippen molar-refractivity contribution in [3.63, 3.8) is 0 Å². The molecule has 0 spiro atoms. The highest BCUT2D eigenvalue weighted by Crippen LogP contribution is 2.33. The van der Waals surface area contributed by atoms with E-state index in [2.05, 4.69) is 15.3 Å². The van der Waals surface area contributed by atoms with Crippen molar-refractivity contribution in [3.05, 3.63) is 46.7 Å². The van der Waals surface area contributed by atoms with E-state index in [1.54, 1.807) is 30.5 Å². The molecule has 10 heteroatoms. The molecule has 1 aliphatic rings. The first-order valence-corrected chi connectivity index (χ1v) is 12.1. The monoisotopic (exact) mass is 502 g/mol. The van der Waals surface area contributed by atoms with E-state index in [1.165, 1.54) is 7.11 Å². The normalized spacial score (nSPS) is 21.2. The highest BCUT2D eigenvalue weighted by Gasteiger charge is 2.39. The van der Waals surface area contributed by atoms with Crippen LogP contribution in [0.1, 0.15) is 55.7 Å². The molecule has 1 aromatic carbocycles. The lowest BCUT2D eigenvalue weighted by Gasteiger charge is -2.45. The molecule has 1 aliphatic heterocycles. The third-order valence-corrected chi connectivity index (χ3v) is 6.63. The summed E-state index contributed by atoms with van der Waals surface area (Å²) in [5.41, 5.74) is 1.54. The summed E-state index contributed by atoms with van der Waals surface area (Å²) in [5, 5.41) is 13.2. The number of amides is 1. The van der Waals surface area contributed by atoms with Gasteiger partial charge in [-0.3, -0.25) is 9.78 Å². The Hall–Kier alpha value is -2.88. The van der Waals surface area contributed by atoms with Crippen molar-refractivity contribution in [2.75, 3.05) is 32.2 Å². The number of anilines is 1. The van der Waals surface area contributed by atoms with E-state index >= 15 is 0 Å². The summed E-state index contributed by atoms with van der Waals surface area (Å²) >= 11 is 6.08. The molecule has 0 bridgehead atoms. The third-order valence-electron chi connectivity index (χ3n) is 6.39. The summed E-state index contributed by atoms with van der Waals surface area (Å²) in [4.78, 5) is 24.3. The summed E-state index contributed by atoms with van der Waals surface area (Å²) < 4.78 is 17.5. The minimum Gasteiger partial charge on any atom is -0.493 e. The quantitative estimate of drug-likeness (QED) is 0.465. The number of nitrogens with zero attached hydrogens (tertiary/aromatic N) is 3. The number of rotatable bonds is 8. The van der Waals surface area contributed by atoms with E-state index in [4.69, 9.17) is 25.5 Å². The number of halogens is 1. The maximum absolute atomic E-state index is 13.6. The lowest BCUT2D eigenvalue weighted by molar-refractivity contribution is -0.121. The van der Waals surface area contributed by atoms with Gasteiger partial charge in [0, 0.05) is 29.8 Å². The second-order valence-corrected chi connectivity index (χ2v) is 9.48. The second-order valence-electron chi connectivity index (χ2n) is 9.04.